The van der Waals surface area contributed by atoms with E-state index in [0.29, 0.717) is 6.54 Å². The Bertz CT molecular complexity index is 470. The van der Waals surface area contributed by atoms with E-state index in [-0.39, 0.29) is 12.2 Å². The minimum absolute atomic E-state index is 0.0556. The lowest BCUT2D eigenvalue weighted by atomic mass is 10.1. The number of carbonyl (C=O) groups excluding carboxylic acids is 2. The van der Waals surface area contributed by atoms with Crippen LogP contribution in [0.5, 0.6) is 0 Å². The zero-order valence-corrected chi connectivity index (χ0v) is 9.33. The molecule has 1 aliphatic heterocycles. The van der Waals surface area contributed by atoms with E-state index < -0.39 is 30.2 Å². The van der Waals surface area contributed by atoms with Gasteiger partial charge in [0.05, 0.1) is 6.42 Å². The first kappa shape index (κ1) is 12.1. The molecule has 8 heteroatoms. The fourth-order valence-corrected chi connectivity index (χ4v) is 1.80. The van der Waals surface area contributed by atoms with Gasteiger partial charge in [-0.3, -0.25) is 14.4 Å². The van der Waals surface area contributed by atoms with Crippen LogP contribution in [0.4, 0.5) is 0 Å². The van der Waals surface area contributed by atoms with Gasteiger partial charge in [0.1, 0.15) is 12.3 Å². The molecule has 2 heterocycles. The summed E-state index contributed by atoms with van der Waals surface area (Å²) in [5.41, 5.74) is 0.0556. The Morgan fingerprint density at radius 1 is 1.61 bits per heavy atom. The Kier molecular flexibility index (Phi) is 3.26. The number of aliphatic carboxylic acids is 1. The molecule has 0 spiro atoms. The SMILES string of the molecule is O=C(O)CC1C(=O)NCCN1C(=O)c1ccon1. The number of nitrogens with zero attached hydrogens (tertiary/aromatic N) is 2. The number of carbonyl (C=O) groups is 3. The van der Waals surface area contributed by atoms with Gasteiger partial charge in [0.2, 0.25) is 5.91 Å². The molecule has 1 unspecified atom stereocenters. The van der Waals surface area contributed by atoms with Crippen molar-refractivity contribution >= 4 is 17.8 Å². The molecule has 8 nitrogen and oxygen atoms in total. The number of hydrogen-bond acceptors (Lipinski definition) is 5. The van der Waals surface area contributed by atoms with Crippen LogP contribution in [-0.2, 0) is 9.59 Å². The number of carboxylic acids is 1. The van der Waals surface area contributed by atoms with Crippen LogP contribution >= 0.6 is 0 Å². The van der Waals surface area contributed by atoms with Gasteiger partial charge in [-0.1, -0.05) is 5.16 Å². The Hall–Kier alpha value is -2.38. The van der Waals surface area contributed by atoms with Crippen LogP contribution in [0.25, 0.3) is 0 Å². The lowest BCUT2D eigenvalue weighted by molar-refractivity contribution is -0.142. The van der Waals surface area contributed by atoms with Crippen LogP contribution in [-0.4, -0.2) is 52.1 Å². The monoisotopic (exact) mass is 253 g/mol. The number of aromatic nitrogens is 1. The summed E-state index contributed by atoms with van der Waals surface area (Å²) in [6.45, 7) is 0.536. The van der Waals surface area contributed by atoms with Crippen molar-refractivity contribution in [3.8, 4) is 0 Å². The van der Waals surface area contributed by atoms with Gasteiger partial charge in [0.25, 0.3) is 5.91 Å². The Morgan fingerprint density at radius 2 is 2.39 bits per heavy atom. The Labute approximate surface area is 102 Å². The summed E-state index contributed by atoms with van der Waals surface area (Å²) in [6.07, 6.45) is 0.804. The lowest BCUT2D eigenvalue weighted by Crippen LogP contribution is -2.57. The average molecular weight is 253 g/mol. The highest BCUT2D eigenvalue weighted by molar-refractivity contribution is 5.97. The molecule has 1 aromatic heterocycles. The van der Waals surface area contributed by atoms with Crippen LogP contribution in [0.15, 0.2) is 16.9 Å². The maximum atomic E-state index is 12.0. The normalized spacial score (nSPS) is 19.4. The van der Waals surface area contributed by atoms with Crippen molar-refractivity contribution in [2.75, 3.05) is 13.1 Å². The second kappa shape index (κ2) is 4.86. The Balaban J connectivity index is 2.20. The van der Waals surface area contributed by atoms with Gasteiger partial charge in [0.15, 0.2) is 5.69 Å². The topological polar surface area (TPSA) is 113 Å². The number of amides is 2. The summed E-state index contributed by atoms with van der Waals surface area (Å²) in [6, 6.07) is 0.354. The van der Waals surface area contributed by atoms with Gasteiger partial charge < -0.3 is 19.8 Å². The van der Waals surface area contributed by atoms with Crippen molar-refractivity contribution in [3.63, 3.8) is 0 Å². The van der Waals surface area contributed by atoms with Crippen LogP contribution < -0.4 is 5.32 Å². The number of nitrogens with one attached hydrogen (secondary N) is 1. The lowest BCUT2D eigenvalue weighted by Gasteiger charge is -2.33. The highest BCUT2D eigenvalue weighted by Gasteiger charge is 2.35. The molecule has 1 saturated heterocycles. The highest BCUT2D eigenvalue weighted by atomic mass is 16.5. The predicted molar refractivity (Wildman–Crippen MR) is 56.6 cm³/mol. The Morgan fingerprint density at radius 3 is 3.00 bits per heavy atom. The van der Waals surface area contributed by atoms with Crippen molar-refractivity contribution in [1.29, 1.82) is 0 Å². The fraction of sp³-hybridized carbons (Fsp3) is 0.400. The molecule has 2 rings (SSSR count). The van der Waals surface area contributed by atoms with Gasteiger partial charge in [0, 0.05) is 19.2 Å². The molecule has 0 aliphatic carbocycles. The van der Waals surface area contributed by atoms with Crippen molar-refractivity contribution < 1.29 is 24.0 Å². The van der Waals surface area contributed by atoms with Crippen molar-refractivity contribution in [1.82, 2.24) is 15.4 Å². The summed E-state index contributed by atoms with van der Waals surface area (Å²) < 4.78 is 4.56. The van der Waals surface area contributed by atoms with Gasteiger partial charge in [-0.15, -0.1) is 0 Å². The van der Waals surface area contributed by atoms with Crippen molar-refractivity contribution in [3.05, 3.63) is 18.0 Å². The smallest absolute Gasteiger partial charge is 0.305 e. The third kappa shape index (κ3) is 2.31. The number of rotatable bonds is 3. The van der Waals surface area contributed by atoms with E-state index in [9.17, 15) is 14.4 Å². The molecule has 1 aromatic rings. The second-order valence-corrected chi connectivity index (χ2v) is 3.79. The maximum Gasteiger partial charge on any atom is 0.305 e. The van der Waals surface area contributed by atoms with E-state index in [1.165, 1.54) is 17.2 Å². The standard InChI is InChI=1S/C10H11N3O5/c14-8(15)5-7-9(16)11-2-3-13(7)10(17)6-1-4-18-12-6/h1,4,7H,2-3,5H2,(H,11,16)(H,14,15). The molecule has 2 N–H and O–H groups in total. The van der Waals surface area contributed by atoms with Gasteiger partial charge >= 0.3 is 5.97 Å². The molecular weight excluding hydrogens is 242 g/mol. The summed E-state index contributed by atoms with van der Waals surface area (Å²) >= 11 is 0. The van der Waals surface area contributed by atoms with E-state index >= 15 is 0 Å². The van der Waals surface area contributed by atoms with Crippen molar-refractivity contribution in [2.24, 2.45) is 0 Å². The van der Waals surface area contributed by atoms with E-state index in [2.05, 4.69) is 15.0 Å². The molecule has 1 fully saturated rings. The molecule has 1 atom stereocenters. The van der Waals surface area contributed by atoms with Crippen LogP contribution in [0.3, 0.4) is 0 Å². The van der Waals surface area contributed by atoms with Crippen LogP contribution in [0.2, 0.25) is 0 Å². The van der Waals surface area contributed by atoms with E-state index in [1.807, 2.05) is 0 Å². The quantitative estimate of drug-likeness (QED) is 0.721. The molecule has 96 valence electrons. The maximum absolute atomic E-state index is 12.0. The zero-order chi connectivity index (χ0) is 13.1. The number of carboxylic acid groups (broad SMARTS) is 1. The summed E-state index contributed by atoms with van der Waals surface area (Å²) in [7, 11) is 0. The minimum Gasteiger partial charge on any atom is -0.481 e. The first-order valence-corrected chi connectivity index (χ1v) is 5.30. The van der Waals surface area contributed by atoms with Crippen LogP contribution in [0, 0.1) is 0 Å². The molecule has 0 saturated carbocycles. The van der Waals surface area contributed by atoms with Crippen LogP contribution in [0.1, 0.15) is 16.9 Å². The first-order chi connectivity index (χ1) is 8.59. The minimum atomic E-state index is -1.14. The van der Waals surface area contributed by atoms with Crippen molar-refractivity contribution in [2.45, 2.75) is 12.5 Å². The summed E-state index contributed by atoms with van der Waals surface area (Å²) in [5, 5.41) is 14.8. The largest absolute Gasteiger partial charge is 0.481 e. The molecule has 0 radical (unpaired) electrons. The summed E-state index contributed by atoms with van der Waals surface area (Å²) in [5.74, 6) is -2.12. The van der Waals surface area contributed by atoms with E-state index in [1.54, 1.807) is 0 Å². The third-order valence-electron chi connectivity index (χ3n) is 2.62. The molecule has 18 heavy (non-hydrogen) atoms. The molecular formula is C10H11N3O5. The predicted octanol–water partition coefficient (Wildman–Crippen LogP) is -0.910. The number of hydrogen-bond donors (Lipinski definition) is 2. The second-order valence-electron chi connectivity index (χ2n) is 3.79. The van der Waals surface area contributed by atoms with E-state index in [0.717, 1.165) is 0 Å². The van der Waals surface area contributed by atoms with Gasteiger partial charge in [-0.25, -0.2) is 0 Å². The fourth-order valence-electron chi connectivity index (χ4n) is 1.80. The molecule has 0 aromatic carbocycles. The van der Waals surface area contributed by atoms with Gasteiger partial charge in [-0.05, 0) is 0 Å². The van der Waals surface area contributed by atoms with Gasteiger partial charge in [-0.2, -0.15) is 0 Å². The molecule has 0 bridgehead atoms. The molecule has 2 amide bonds. The first-order valence-electron chi connectivity index (χ1n) is 5.30. The third-order valence-corrected chi connectivity index (χ3v) is 2.62. The van der Waals surface area contributed by atoms with E-state index in [4.69, 9.17) is 5.11 Å². The average Bonchev–Trinajstić information content (AvgIpc) is 2.84. The molecule has 1 aliphatic rings. The number of piperazine rings is 1. The zero-order valence-electron chi connectivity index (χ0n) is 9.33. The highest BCUT2D eigenvalue weighted by Crippen LogP contribution is 2.13. The summed E-state index contributed by atoms with van der Waals surface area (Å²) in [4.78, 5) is 35.5.